The predicted molar refractivity (Wildman–Crippen MR) is 97.4 cm³/mol. The second kappa shape index (κ2) is 10.1. The van der Waals surface area contributed by atoms with Crippen molar-refractivity contribution < 1.29 is 5.11 Å². The molecule has 1 aliphatic rings. The molecule has 0 unspecified atom stereocenters. The number of nitrogens with one attached hydrogen (secondary N) is 1. The maximum absolute atomic E-state index is 10.3. The third-order valence-electron chi connectivity index (χ3n) is 3.57. The maximum Gasteiger partial charge on any atom is 0.139 e. The molecule has 1 saturated heterocycles. The minimum atomic E-state index is 0. The van der Waals surface area contributed by atoms with Gasteiger partial charge in [0.15, 0.2) is 0 Å². The Bertz CT molecular complexity index is 442. The molecular weight excluding hydrogens is 398 g/mol. The second-order valence-electron chi connectivity index (χ2n) is 4.92. The van der Waals surface area contributed by atoms with Crippen LogP contribution in [0.15, 0.2) is 16.6 Å². The van der Waals surface area contributed by atoms with Gasteiger partial charge in [-0.25, -0.2) is 0 Å². The van der Waals surface area contributed by atoms with Crippen LogP contribution in [0.25, 0.3) is 0 Å². The highest BCUT2D eigenvalue weighted by Gasteiger charge is 2.25. The molecule has 0 bridgehead atoms. The zero-order valence-corrected chi connectivity index (χ0v) is 15.9. The molecule has 0 saturated carbocycles. The number of piperazine rings is 1. The molecule has 1 fully saturated rings. The normalized spacial score (nSPS) is 16.7. The molecule has 0 spiro atoms. The number of hydrogen-bond donors (Lipinski definition) is 2. The zero-order valence-electron chi connectivity index (χ0n) is 11.9. The van der Waals surface area contributed by atoms with Gasteiger partial charge in [-0.3, -0.25) is 4.90 Å². The summed E-state index contributed by atoms with van der Waals surface area (Å²) in [4.78, 5) is 2.43. The lowest BCUT2D eigenvalue weighted by Crippen LogP contribution is -2.45. The van der Waals surface area contributed by atoms with E-state index in [1.807, 2.05) is 6.07 Å². The maximum atomic E-state index is 10.3. The van der Waals surface area contributed by atoms with Gasteiger partial charge in [-0.1, -0.05) is 40.9 Å². The van der Waals surface area contributed by atoms with E-state index in [4.69, 9.17) is 11.6 Å². The fourth-order valence-electron chi connectivity index (χ4n) is 2.64. The van der Waals surface area contributed by atoms with Crippen molar-refractivity contribution in [1.82, 2.24) is 10.2 Å². The van der Waals surface area contributed by atoms with Crippen molar-refractivity contribution >= 4 is 52.3 Å². The van der Waals surface area contributed by atoms with Gasteiger partial charge in [0.25, 0.3) is 0 Å². The largest absolute Gasteiger partial charge is 0.506 e. The monoisotopic (exact) mass is 418 g/mol. The average Bonchev–Trinajstić information content (AvgIpc) is 2.41. The van der Waals surface area contributed by atoms with Crippen molar-refractivity contribution in [3.05, 3.63) is 27.2 Å². The van der Waals surface area contributed by atoms with Gasteiger partial charge in [-0.05, 0) is 18.6 Å². The lowest BCUT2D eigenvalue weighted by molar-refractivity contribution is 0.162. The Morgan fingerprint density at radius 1 is 1.33 bits per heavy atom. The Hall–Kier alpha value is 0.290. The molecular formula is C14H22BrCl3N2O. The van der Waals surface area contributed by atoms with Crippen LogP contribution < -0.4 is 5.32 Å². The first-order valence-electron chi connectivity index (χ1n) is 6.76. The van der Waals surface area contributed by atoms with Crippen molar-refractivity contribution in [2.24, 2.45) is 0 Å². The molecule has 1 atom stereocenters. The van der Waals surface area contributed by atoms with Gasteiger partial charge < -0.3 is 10.4 Å². The van der Waals surface area contributed by atoms with E-state index in [0.717, 1.165) is 49.1 Å². The lowest BCUT2D eigenvalue weighted by atomic mass is 9.99. The van der Waals surface area contributed by atoms with Crippen molar-refractivity contribution in [2.75, 3.05) is 26.2 Å². The molecule has 3 nitrogen and oxygen atoms in total. The summed E-state index contributed by atoms with van der Waals surface area (Å²) in [5.41, 5.74) is 0.933. The smallest absolute Gasteiger partial charge is 0.139 e. The lowest BCUT2D eigenvalue weighted by Gasteiger charge is -2.35. The Morgan fingerprint density at radius 2 is 1.95 bits per heavy atom. The highest BCUT2D eigenvalue weighted by Crippen LogP contribution is 2.39. The van der Waals surface area contributed by atoms with Gasteiger partial charge in [0.05, 0.1) is 5.02 Å². The van der Waals surface area contributed by atoms with E-state index in [1.165, 1.54) is 0 Å². The van der Waals surface area contributed by atoms with E-state index in [-0.39, 0.29) is 36.6 Å². The molecule has 7 heteroatoms. The molecule has 0 aliphatic carbocycles. The van der Waals surface area contributed by atoms with Crippen LogP contribution >= 0.6 is 52.3 Å². The number of rotatable bonds is 4. The molecule has 21 heavy (non-hydrogen) atoms. The fourth-order valence-corrected chi connectivity index (χ4v) is 3.48. The van der Waals surface area contributed by atoms with E-state index in [9.17, 15) is 5.11 Å². The van der Waals surface area contributed by atoms with Crippen LogP contribution in [0.2, 0.25) is 5.02 Å². The van der Waals surface area contributed by atoms with Crippen LogP contribution in [0.4, 0.5) is 0 Å². The highest BCUT2D eigenvalue weighted by molar-refractivity contribution is 9.10. The van der Waals surface area contributed by atoms with Crippen LogP contribution in [-0.4, -0.2) is 36.2 Å². The number of phenolic OH excluding ortho intramolecular Hbond substituents is 1. The Labute approximate surface area is 152 Å². The molecule has 1 aromatic carbocycles. The molecule has 0 aromatic heterocycles. The van der Waals surface area contributed by atoms with Gasteiger partial charge in [-0.2, -0.15) is 0 Å². The van der Waals surface area contributed by atoms with E-state index < -0.39 is 0 Å². The number of benzene rings is 1. The first-order valence-corrected chi connectivity index (χ1v) is 7.93. The minimum Gasteiger partial charge on any atom is -0.506 e. The van der Waals surface area contributed by atoms with Gasteiger partial charge in [0.2, 0.25) is 0 Å². The fraction of sp³-hybridized carbons (Fsp3) is 0.571. The van der Waals surface area contributed by atoms with Gasteiger partial charge in [0, 0.05) is 42.3 Å². The molecule has 2 N–H and O–H groups in total. The van der Waals surface area contributed by atoms with Crippen molar-refractivity contribution in [1.29, 1.82) is 0 Å². The summed E-state index contributed by atoms with van der Waals surface area (Å²) >= 11 is 9.56. The number of phenols is 1. The van der Waals surface area contributed by atoms with Crippen molar-refractivity contribution in [2.45, 2.75) is 25.8 Å². The summed E-state index contributed by atoms with van der Waals surface area (Å²) < 4.78 is 0.918. The number of halogens is 4. The van der Waals surface area contributed by atoms with Gasteiger partial charge in [-0.15, -0.1) is 24.8 Å². The third-order valence-corrected chi connectivity index (χ3v) is 4.32. The van der Waals surface area contributed by atoms with E-state index >= 15 is 0 Å². The Kier molecular flexibility index (Phi) is 10.3. The molecule has 1 heterocycles. The molecule has 122 valence electrons. The topological polar surface area (TPSA) is 35.5 Å². The summed E-state index contributed by atoms with van der Waals surface area (Å²) in [6.45, 7) is 6.19. The predicted octanol–water partition coefficient (Wildman–Crippen LogP) is 4.40. The summed E-state index contributed by atoms with van der Waals surface area (Å²) in [6, 6.07) is 3.96. The van der Waals surface area contributed by atoms with Crippen LogP contribution in [0.3, 0.4) is 0 Å². The van der Waals surface area contributed by atoms with Crippen molar-refractivity contribution in [3.63, 3.8) is 0 Å². The number of aromatic hydroxyl groups is 1. The average molecular weight is 421 g/mol. The van der Waals surface area contributed by atoms with E-state index in [0.29, 0.717) is 5.02 Å². The molecule has 1 aliphatic heterocycles. The Balaban J connectivity index is 0.00000200. The molecule has 1 aromatic rings. The van der Waals surface area contributed by atoms with Gasteiger partial charge >= 0.3 is 0 Å². The first-order chi connectivity index (χ1) is 9.13. The standard InChI is InChI=1S/C14H20BrClN2O.2ClH/c1-2-3-13(18-6-4-17-5-7-18)11-8-10(15)9-12(16)14(11)19;;/h8-9,13,17,19H,2-7H2,1H3;2*1H/t13-;;/m0../s1. The Morgan fingerprint density at radius 3 is 2.52 bits per heavy atom. The third kappa shape index (κ3) is 5.45. The summed E-state index contributed by atoms with van der Waals surface area (Å²) in [7, 11) is 0. The van der Waals surface area contributed by atoms with Crippen LogP contribution in [-0.2, 0) is 0 Å². The van der Waals surface area contributed by atoms with E-state index in [2.05, 4.69) is 33.1 Å². The van der Waals surface area contributed by atoms with Gasteiger partial charge in [0.1, 0.15) is 5.75 Å². The number of hydrogen-bond acceptors (Lipinski definition) is 3. The molecule has 0 amide bonds. The zero-order chi connectivity index (χ0) is 13.8. The SMILES string of the molecule is CCC[C@@H](c1cc(Br)cc(Cl)c1O)N1CCNCC1.Cl.Cl. The number of nitrogens with zero attached hydrogens (tertiary/aromatic N) is 1. The molecule has 0 radical (unpaired) electrons. The molecule has 2 rings (SSSR count). The summed E-state index contributed by atoms with van der Waals surface area (Å²) in [5.74, 6) is 0.224. The second-order valence-corrected chi connectivity index (χ2v) is 6.24. The minimum absolute atomic E-state index is 0. The summed E-state index contributed by atoms with van der Waals surface area (Å²) in [5, 5.41) is 14.0. The highest BCUT2D eigenvalue weighted by atomic mass is 79.9. The van der Waals surface area contributed by atoms with Crippen LogP contribution in [0, 0.1) is 0 Å². The van der Waals surface area contributed by atoms with Crippen LogP contribution in [0.5, 0.6) is 5.75 Å². The van der Waals surface area contributed by atoms with Crippen LogP contribution in [0.1, 0.15) is 31.4 Å². The van der Waals surface area contributed by atoms with E-state index in [1.54, 1.807) is 6.07 Å². The quantitative estimate of drug-likeness (QED) is 0.758. The van der Waals surface area contributed by atoms with Crippen molar-refractivity contribution in [3.8, 4) is 5.75 Å². The first kappa shape index (κ1) is 21.3. The summed E-state index contributed by atoms with van der Waals surface area (Å²) in [6.07, 6.45) is 2.11.